The normalized spacial score (nSPS) is 21.0. The fourth-order valence-electron chi connectivity index (χ4n) is 4.76. The SMILES string of the molecule is CC(C)(O)Cc1cc2nc(N3CCN(Cc4ccc(F)cc4F)CC3)c(NC3CC(O)C3)nc2cn1. The van der Waals surface area contributed by atoms with Gasteiger partial charge in [-0.3, -0.25) is 9.88 Å². The van der Waals surface area contributed by atoms with Crippen molar-refractivity contribution >= 4 is 22.7 Å². The van der Waals surface area contributed by atoms with Crippen LogP contribution in [-0.4, -0.2) is 74.0 Å². The van der Waals surface area contributed by atoms with Crippen LogP contribution in [0.3, 0.4) is 0 Å². The zero-order chi connectivity index (χ0) is 25.4. The molecule has 0 atom stereocenters. The van der Waals surface area contributed by atoms with E-state index in [-0.39, 0.29) is 12.1 Å². The van der Waals surface area contributed by atoms with Gasteiger partial charge < -0.3 is 20.4 Å². The van der Waals surface area contributed by atoms with Crippen molar-refractivity contribution in [1.29, 1.82) is 0 Å². The number of fused-ring (bicyclic) bond motifs is 1. The van der Waals surface area contributed by atoms with Gasteiger partial charge >= 0.3 is 0 Å². The number of benzene rings is 1. The second-order valence-corrected chi connectivity index (χ2v) is 10.5. The number of halogens is 2. The van der Waals surface area contributed by atoms with Gasteiger partial charge in [-0.2, -0.15) is 0 Å². The van der Waals surface area contributed by atoms with E-state index in [1.165, 1.54) is 12.1 Å². The fraction of sp³-hybridized carbons (Fsp3) is 0.500. The second-order valence-electron chi connectivity index (χ2n) is 10.5. The van der Waals surface area contributed by atoms with Crippen LogP contribution in [0.5, 0.6) is 0 Å². The number of nitrogens with zero attached hydrogens (tertiary/aromatic N) is 5. The van der Waals surface area contributed by atoms with Crippen molar-refractivity contribution in [3.05, 3.63) is 53.4 Å². The summed E-state index contributed by atoms with van der Waals surface area (Å²) in [6.45, 7) is 6.64. The lowest BCUT2D eigenvalue weighted by molar-refractivity contribution is 0.0799. The molecule has 36 heavy (non-hydrogen) atoms. The Morgan fingerprint density at radius 1 is 1.06 bits per heavy atom. The van der Waals surface area contributed by atoms with Crippen molar-refractivity contribution in [1.82, 2.24) is 19.9 Å². The monoisotopic (exact) mass is 498 g/mol. The Bertz CT molecular complexity index is 1240. The molecule has 192 valence electrons. The van der Waals surface area contributed by atoms with E-state index < -0.39 is 17.2 Å². The molecule has 5 rings (SSSR count). The Morgan fingerprint density at radius 2 is 1.81 bits per heavy atom. The van der Waals surface area contributed by atoms with Crippen LogP contribution < -0.4 is 10.2 Å². The minimum absolute atomic E-state index is 0.135. The molecule has 1 aliphatic heterocycles. The summed E-state index contributed by atoms with van der Waals surface area (Å²) in [6.07, 6.45) is 3.13. The topological polar surface area (TPSA) is 97.6 Å². The Kier molecular flexibility index (Phi) is 6.76. The smallest absolute Gasteiger partial charge is 0.172 e. The fourth-order valence-corrected chi connectivity index (χ4v) is 4.76. The van der Waals surface area contributed by atoms with Crippen molar-refractivity contribution in [2.45, 2.75) is 57.4 Å². The van der Waals surface area contributed by atoms with E-state index in [1.54, 1.807) is 20.0 Å². The minimum Gasteiger partial charge on any atom is -0.393 e. The lowest BCUT2D eigenvalue weighted by Crippen LogP contribution is -2.47. The van der Waals surface area contributed by atoms with Crippen LogP contribution in [-0.2, 0) is 13.0 Å². The summed E-state index contributed by atoms with van der Waals surface area (Å²) >= 11 is 0. The van der Waals surface area contributed by atoms with Gasteiger partial charge in [0.05, 0.1) is 23.4 Å². The average Bonchev–Trinajstić information content (AvgIpc) is 2.79. The zero-order valence-electron chi connectivity index (χ0n) is 20.6. The number of anilines is 2. The van der Waals surface area contributed by atoms with Gasteiger partial charge in [-0.25, -0.2) is 18.7 Å². The number of aliphatic hydroxyl groups excluding tert-OH is 1. The molecule has 3 N–H and O–H groups in total. The number of hydrogen-bond acceptors (Lipinski definition) is 8. The van der Waals surface area contributed by atoms with Crippen LogP contribution in [0.4, 0.5) is 20.4 Å². The highest BCUT2D eigenvalue weighted by atomic mass is 19.1. The summed E-state index contributed by atoms with van der Waals surface area (Å²) in [5, 5.41) is 23.4. The third-order valence-electron chi connectivity index (χ3n) is 6.74. The quantitative estimate of drug-likeness (QED) is 0.458. The number of nitrogens with one attached hydrogen (secondary N) is 1. The van der Waals surface area contributed by atoms with E-state index in [9.17, 15) is 19.0 Å². The zero-order valence-corrected chi connectivity index (χ0v) is 20.6. The molecule has 0 spiro atoms. The standard InChI is InChI=1S/C26H32F2N6O2/c1-26(2,36)13-19-12-22-23(14-29-19)31-24(30-18-10-20(35)11-18)25(32-22)34-7-5-33(6-8-34)15-16-3-4-17(27)9-21(16)28/h3-4,9,12,14,18,20,35-36H,5-8,10-11,13,15H2,1-2H3,(H,30,31). The molecule has 0 bridgehead atoms. The number of piperazine rings is 1. The van der Waals surface area contributed by atoms with Crippen LogP contribution in [0.25, 0.3) is 11.0 Å². The summed E-state index contributed by atoms with van der Waals surface area (Å²) in [6, 6.07) is 5.71. The molecule has 0 radical (unpaired) electrons. The predicted octanol–water partition coefficient (Wildman–Crippen LogP) is 2.87. The molecule has 3 heterocycles. The van der Waals surface area contributed by atoms with Gasteiger partial charge in [0.15, 0.2) is 11.6 Å². The molecular weight excluding hydrogens is 466 g/mol. The Labute approximate surface area is 209 Å². The van der Waals surface area contributed by atoms with Gasteiger partial charge in [-0.05, 0) is 38.8 Å². The number of pyridine rings is 1. The van der Waals surface area contributed by atoms with Crippen LogP contribution in [0, 0.1) is 11.6 Å². The molecule has 10 heteroatoms. The minimum atomic E-state index is -0.885. The lowest BCUT2D eigenvalue weighted by Gasteiger charge is -2.37. The summed E-state index contributed by atoms with van der Waals surface area (Å²) in [7, 11) is 0. The Balaban J connectivity index is 1.36. The van der Waals surface area contributed by atoms with Gasteiger partial charge in [0.25, 0.3) is 0 Å². The molecule has 2 fully saturated rings. The maximum absolute atomic E-state index is 14.1. The maximum Gasteiger partial charge on any atom is 0.172 e. The van der Waals surface area contributed by atoms with Crippen molar-refractivity contribution in [3.8, 4) is 0 Å². The van der Waals surface area contributed by atoms with E-state index in [0.29, 0.717) is 74.4 Å². The van der Waals surface area contributed by atoms with Gasteiger partial charge in [0, 0.05) is 62.5 Å². The van der Waals surface area contributed by atoms with Crippen LogP contribution in [0.2, 0.25) is 0 Å². The molecule has 2 aliphatic rings. The highest BCUT2D eigenvalue weighted by Gasteiger charge is 2.30. The first-order valence-corrected chi connectivity index (χ1v) is 12.4. The first kappa shape index (κ1) is 24.7. The van der Waals surface area contributed by atoms with Crippen molar-refractivity contribution in [3.63, 3.8) is 0 Å². The lowest BCUT2D eigenvalue weighted by atomic mass is 9.89. The Hall–Kier alpha value is -2.95. The molecule has 1 saturated heterocycles. The van der Waals surface area contributed by atoms with Crippen molar-refractivity contribution < 1.29 is 19.0 Å². The third kappa shape index (κ3) is 5.71. The molecule has 2 aromatic heterocycles. The first-order chi connectivity index (χ1) is 17.1. The molecule has 8 nitrogen and oxygen atoms in total. The third-order valence-corrected chi connectivity index (χ3v) is 6.74. The average molecular weight is 499 g/mol. The molecule has 1 aromatic carbocycles. The summed E-state index contributed by atoms with van der Waals surface area (Å²) in [5.74, 6) is 0.296. The summed E-state index contributed by atoms with van der Waals surface area (Å²) in [5.41, 5.74) is 1.70. The Morgan fingerprint density at radius 3 is 2.47 bits per heavy atom. The molecule has 0 unspecified atom stereocenters. The number of aliphatic hydroxyl groups is 2. The van der Waals surface area contributed by atoms with Gasteiger partial charge in [0.2, 0.25) is 0 Å². The summed E-state index contributed by atoms with van der Waals surface area (Å²) in [4.78, 5) is 18.5. The van der Waals surface area contributed by atoms with E-state index >= 15 is 0 Å². The van der Waals surface area contributed by atoms with Crippen LogP contribution in [0.15, 0.2) is 30.5 Å². The van der Waals surface area contributed by atoms with Crippen LogP contribution >= 0.6 is 0 Å². The molecule has 1 saturated carbocycles. The van der Waals surface area contributed by atoms with Crippen molar-refractivity contribution in [2.24, 2.45) is 0 Å². The van der Waals surface area contributed by atoms with E-state index in [2.05, 4.69) is 20.1 Å². The van der Waals surface area contributed by atoms with E-state index in [1.807, 2.05) is 6.07 Å². The highest BCUT2D eigenvalue weighted by molar-refractivity contribution is 5.80. The van der Waals surface area contributed by atoms with Gasteiger partial charge in [-0.15, -0.1) is 0 Å². The first-order valence-electron chi connectivity index (χ1n) is 12.4. The van der Waals surface area contributed by atoms with Crippen molar-refractivity contribution in [2.75, 3.05) is 36.4 Å². The highest BCUT2D eigenvalue weighted by Crippen LogP contribution is 2.31. The van der Waals surface area contributed by atoms with Gasteiger partial charge in [0.1, 0.15) is 17.2 Å². The summed E-state index contributed by atoms with van der Waals surface area (Å²) < 4.78 is 27.4. The molecule has 3 aromatic rings. The number of rotatable bonds is 7. The second kappa shape index (κ2) is 9.84. The van der Waals surface area contributed by atoms with Gasteiger partial charge in [-0.1, -0.05) is 6.07 Å². The van der Waals surface area contributed by atoms with E-state index in [0.717, 1.165) is 17.6 Å². The maximum atomic E-state index is 14.1. The number of aromatic nitrogens is 3. The molecular formula is C26H32F2N6O2. The molecule has 0 amide bonds. The number of hydrogen-bond donors (Lipinski definition) is 3. The van der Waals surface area contributed by atoms with Crippen LogP contribution in [0.1, 0.15) is 37.9 Å². The largest absolute Gasteiger partial charge is 0.393 e. The van der Waals surface area contributed by atoms with E-state index in [4.69, 9.17) is 9.97 Å². The molecule has 1 aliphatic carbocycles. The predicted molar refractivity (Wildman–Crippen MR) is 134 cm³/mol.